The number of ether oxygens (including phenoxy) is 2. The number of hydrogen-bond acceptors (Lipinski definition) is 5. The summed E-state index contributed by atoms with van der Waals surface area (Å²) in [5.74, 6) is -0.780. The molecular weight excluding hydrogens is 418 g/mol. The summed E-state index contributed by atoms with van der Waals surface area (Å²) in [4.78, 5) is 12.8. The van der Waals surface area contributed by atoms with E-state index in [9.17, 15) is 13.2 Å². The van der Waals surface area contributed by atoms with E-state index in [1.807, 2.05) is 18.2 Å². The molecule has 3 saturated heterocycles. The van der Waals surface area contributed by atoms with Crippen LogP contribution in [0.2, 0.25) is 0 Å². The summed E-state index contributed by atoms with van der Waals surface area (Å²) in [5.41, 5.74) is 1.17. The van der Waals surface area contributed by atoms with E-state index in [2.05, 4.69) is 24.4 Å². The van der Waals surface area contributed by atoms with Crippen molar-refractivity contribution in [1.29, 1.82) is 0 Å². The van der Waals surface area contributed by atoms with Crippen molar-refractivity contribution in [2.24, 2.45) is 5.92 Å². The van der Waals surface area contributed by atoms with Gasteiger partial charge in [-0.15, -0.1) is 0 Å². The molecule has 0 radical (unpaired) electrons. The first-order chi connectivity index (χ1) is 14.9. The molecule has 0 unspecified atom stereocenters. The minimum atomic E-state index is -3.60. The smallest absolute Gasteiger partial charge is 0.282 e. The average Bonchev–Trinajstić information content (AvgIpc) is 3.26. The third-order valence-corrected chi connectivity index (χ3v) is 8.66. The van der Waals surface area contributed by atoms with Crippen molar-refractivity contribution in [2.75, 3.05) is 45.9 Å². The summed E-state index contributed by atoms with van der Waals surface area (Å²) in [6.07, 6.45) is 2.49. The lowest BCUT2D eigenvalue weighted by atomic mass is 9.97. The van der Waals surface area contributed by atoms with Crippen molar-refractivity contribution < 1.29 is 22.7 Å². The minimum absolute atomic E-state index is 0.0620. The molecule has 4 rings (SSSR count). The predicted molar refractivity (Wildman–Crippen MR) is 117 cm³/mol. The maximum atomic E-state index is 13.2. The highest BCUT2D eigenvalue weighted by Crippen LogP contribution is 2.33. The Kier molecular flexibility index (Phi) is 6.98. The van der Waals surface area contributed by atoms with E-state index in [1.165, 1.54) is 14.2 Å². The van der Waals surface area contributed by atoms with E-state index in [1.54, 1.807) is 0 Å². The Morgan fingerprint density at radius 3 is 2.48 bits per heavy atom. The fourth-order valence-electron chi connectivity index (χ4n) is 4.67. The van der Waals surface area contributed by atoms with Crippen LogP contribution in [0.25, 0.3) is 0 Å². The van der Waals surface area contributed by atoms with Gasteiger partial charge in [-0.2, -0.15) is 17.0 Å². The Balaban J connectivity index is 1.30. The van der Waals surface area contributed by atoms with Crippen LogP contribution in [0, 0.1) is 5.92 Å². The molecule has 8 nitrogen and oxygen atoms in total. The van der Waals surface area contributed by atoms with E-state index >= 15 is 0 Å². The standard InChI is InChI=1S/C22H33N3O5S/c1-18(19-6-3-2-4-7-19)16-23-21(26)20-8-5-11-25(17-20)31(27,28)24-12-9-22(10-13-24)29-14-15-30-22/h2-4,6-7,18,20H,5,8-17H2,1H3,(H,23,26)/t18-,20-/m0/s1. The zero-order chi connectivity index (χ0) is 21.9. The van der Waals surface area contributed by atoms with Crippen LogP contribution in [-0.2, 0) is 24.5 Å². The molecule has 0 aliphatic carbocycles. The Hall–Kier alpha value is -1.52. The molecule has 1 amide bonds. The van der Waals surface area contributed by atoms with E-state index in [-0.39, 0.29) is 24.3 Å². The summed E-state index contributed by atoms with van der Waals surface area (Å²) < 4.78 is 40.8. The SMILES string of the molecule is C[C@@H](CNC(=O)[C@H]1CCCN(S(=O)(=O)N2CCC3(CC2)OCCO3)C1)c1ccccc1. The first-order valence-corrected chi connectivity index (χ1v) is 12.7. The van der Waals surface area contributed by atoms with Crippen molar-refractivity contribution in [3.8, 4) is 0 Å². The van der Waals surface area contributed by atoms with Crippen LogP contribution in [0.5, 0.6) is 0 Å². The van der Waals surface area contributed by atoms with Crippen molar-refractivity contribution in [3.05, 3.63) is 35.9 Å². The third kappa shape index (κ3) is 5.12. The van der Waals surface area contributed by atoms with E-state index in [4.69, 9.17) is 9.47 Å². The molecule has 0 saturated carbocycles. The molecule has 31 heavy (non-hydrogen) atoms. The molecule has 3 aliphatic rings. The van der Waals surface area contributed by atoms with Crippen LogP contribution < -0.4 is 5.32 Å². The fraction of sp³-hybridized carbons (Fsp3) is 0.682. The highest BCUT2D eigenvalue weighted by atomic mass is 32.2. The number of hydrogen-bond donors (Lipinski definition) is 1. The number of nitrogens with one attached hydrogen (secondary N) is 1. The zero-order valence-electron chi connectivity index (χ0n) is 18.2. The van der Waals surface area contributed by atoms with Gasteiger partial charge in [0.2, 0.25) is 5.91 Å². The second-order valence-electron chi connectivity index (χ2n) is 8.77. The summed E-state index contributed by atoms with van der Waals surface area (Å²) in [6, 6.07) is 10.1. The number of amides is 1. The van der Waals surface area contributed by atoms with Crippen LogP contribution in [0.4, 0.5) is 0 Å². The Bertz CT molecular complexity index is 847. The number of rotatable bonds is 6. The monoisotopic (exact) mass is 451 g/mol. The largest absolute Gasteiger partial charge is 0.355 e. The molecular formula is C22H33N3O5S. The van der Waals surface area contributed by atoms with Crippen molar-refractivity contribution in [2.45, 2.75) is 44.3 Å². The van der Waals surface area contributed by atoms with Crippen LogP contribution in [0.15, 0.2) is 30.3 Å². The highest BCUT2D eigenvalue weighted by Gasteiger charge is 2.44. The number of carbonyl (C=O) groups excluding carboxylic acids is 1. The molecule has 0 bridgehead atoms. The number of piperidine rings is 2. The lowest BCUT2D eigenvalue weighted by Crippen LogP contribution is -2.54. The first kappa shape index (κ1) is 22.7. The van der Waals surface area contributed by atoms with Crippen molar-refractivity contribution in [3.63, 3.8) is 0 Å². The maximum Gasteiger partial charge on any atom is 0.282 e. The second kappa shape index (κ2) is 9.54. The molecule has 0 aromatic heterocycles. The fourth-order valence-corrected chi connectivity index (χ4v) is 6.37. The summed E-state index contributed by atoms with van der Waals surface area (Å²) in [6.45, 7) is 5.21. The summed E-state index contributed by atoms with van der Waals surface area (Å²) in [5, 5.41) is 3.03. The van der Waals surface area contributed by atoms with Gasteiger partial charge in [0.1, 0.15) is 0 Å². The molecule has 1 aromatic carbocycles. The van der Waals surface area contributed by atoms with Crippen LogP contribution in [0.1, 0.15) is 44.1 Å². The van der Waals surface area contributed by atoms with Gasteiger partial charge in [0.25, 0.3) is 10.2 Å². The summed E-state index contributed by atoms with van der Waals surface area (Å²) in [7, 11) is -3.60. The van der Waals surface area contributed by atoms with Gasteiger partial charge in [0.15, 0.2) is 5.79 Å². The van der Waals surface area contributed by atoms with E-state index in [0.717, 1.165) is 0 Å². The highest BCUT2D eigenvalue weighted by molar-refractivity contribution is 7.86. The van der Waals surface area contributed by atoms with Gasteiger partial charge in [0.05, 0.1) is 19.1 Å². The Labute approximate surface area is 185 Å². The van der Waals surface area contributed by atoms with Gasteiger partial charge < -0.3 is 14.8 Å². The van der Waals surface area contributed by atoms with Crippen LogP contribution in [-0.4, -0.2) is 74.7 Å². The minimum Gasteiger partial charge on any atom is -0.355 e. The molecule has 3 aliphatic heterocycles. The van der Waals surface area contributed by atoms with Gasteiger partial charge in [-0.1, -0.05) is 37.3 Å². The van der Waals surface area contributed by atoms with Gasteiger partial charge in [-0.05, 0) is 24.3 Å². The number of nitrogens with zero attached hydrogens (tertiary/aromatic N) is 2. The van der Waals surface area contributed by atoms with Crippen molar-refractivity contribution >= 4 is 16.1 Å². The maximum absolute atomic E-state index is 13.2. The van der Waals surface area contributed by atoms with Crippen LogP contribution >= 0.6 is 0 Å². The first-order valence-electron chi connectivity index (χ1n) is 11.3. The van der Waals surface area contributed by atoms with E-state index < -0.39 is 16.0 Å². The Morgan fingerprint density at radius 1 is 1.13 bits per heavy atom. The van der Waals surface area contributed by atoms with Gasteiger partial charge >= 0.3 is 0 Å². The average molecular weight is 452 g/mol. The zero-order valence-corrected chi connectivity index (χ0v) is 19.0. The normalized spacial score (nSPS) is 26.0. The van der Waals surface area contributed by atoms with E-state index in [0.29, 0.717) is 65.1 Å². The second-order valence-corrected chi connectivity index (χ2v) is 10.7. The summed E-state index contributed by atoms with van der Waals surface area (Å²) >= 11 is 0. The van der Waals surface area contributed by atoms with Gasteiger partial charge in [-0.3, -0.25) is 4.79 Å². The molecule has 1 aromatic rings. The van der Waals surface area contributed by atoms with Gasteiger partial charge in [-0.25, -0.2) is 0 Å². The molecule has 1 N–H and O–H groups in total. The molecule has 172 valence electrons. The topological polar surface area (TPSA) is 88.2 Å². The lowest BCUT2D eigenvalue weighted by molar-refractivity contribution is -0.179. The lowest BCUT2D eigenvalue weighted by Gasteiger charge is -2.40. The molecule has 2 atom stereocenters. The molecule has 1 spiro atoms. The van der Waals surface area contributed by atoms with Crippen molar-refractivity contribution in [1.82, 2.24) is 13.9 Å². The predicted octanol–water partition coefficient (Wildman–Crippen LogP) is 1.70. The number of carbonyl (C=O) groups is 1. The molecule has 3 fully saturated rings. The van der Waals surface area contributed by atoms with Crippen LogP contribution in [0.3, 0.4) is 0 Å². The number of benzene rings is 1. The quantitative estimate of drug-likeness (QED) is 0.711. The van der Waals surface area contributed by atoms with Gasteiger partial charge in [0, 0.05) is 45.6 Å². The molecule has 3 heterocycles. The molecule has 9 heteroatoms. The third-order valence-electron chi connectivity index (χ3n) is 6.66. The Morgan fingerprint density at radius 2 is 1.81 bits per heavy atom.